The summed E-state index contributed by atoms with van der Waals surface area (Å²) in [6.07, 6.45) is 14.5. The molecule has 784 valence electrons. The number of ether oxygens (including phenoxy) is 10. The average Bonchev–Trinajstić information content (AvgIpc) is 0.718. The Labute approximate surface area is 834 Å². The summed E-state index contributed by atoms with van der Waals surface area (Å²) in [5.41, 5.74) is 15.1. The second-order valence-electron chi connectivity index (χ2n) is 38.9. The van der Waals surface area contributed by atoms with Gasteiger partial charge in [0, 0.05) is 56.9 Å². The number of aliphatic hydroxyl groups is 1. The number of rotatable bonds is 60. The maximum absolute atomic E-state index is 15.0. The molecule has 1 unspecified atom stereocenters. The van der Waals surface area contributed by atoms with Crippen molar-refractivity contribution in [3.05, 3.63) is 135 Å². The van der Waals surface area contributed by atoms with Crippen molar-refractivity contribution in [3.8, 4) is 5.75 Å². The summed E-state index contributed by atoms with van der Waals surface area (Å²) < 4.78 is 67.1. The number of anilines is 2. The zero-order valence-corrected chi connectivity index (χ0v) is 84.7. The molecule has 4 aromatic carbocycles. The molecule has 2 fully saturated rings. The number of hydrogen-bond donors (Lipinski definition) is 14. The summed E-state index contributed by atoms with van der Waals surface area (Å²) in [5, 5.41) is 50.8. The van der Waals surface area contributed by atoms with Crippen LogP contribution in [0.15, 0.2) is 101 Å². The van der Waals surface area contributed by atoms with E-state index >= 15 is 0 Å². The van der Waals surface area contributed by atoms with E-state index in [9.17, 15) is 62.7 Å². The molecule has 5 aliphatic carbocycles. The van der Waals surface area contributed by atoms with Gasteiger partial charge >= 0.3 is 7.60 Å². The van der Waals surface area contributed by atoms with E-state index in [0.717, 1.165) is 96.1 Å². The molecule has 0 bridgehead atoms. The van der Waals surface area contributed by atoms with Gasteiger partial charge in [-0.2, -0.15) is 5.11 Å². The number of para-hydroxylation sites is 1. The van der Waals surface area contributed by atoms with Crippen LogP contribution in [0.25, 0.3) is 12.2 Å². The summed E-state index contributed by atoms with van der Waals surface area (Å²) in [6, 6.07) is 21.9. The van der Waals surface area contributed by atoms with E-state index in [1.807, 2.05) is 98.8 Å². The van der Waals surface area contributed by atoms with Crippen LogP contribution >= 0.6 is 7.60 Å². The van der Waals surface area contributed by atoms with Crippen LogP contribution in [0.3, 0.4) is 0 Å². The van der Waals surface area contributed by atoms with Crippen LogP contribution in [0.5, 0.6) is 5.75 Å². The molecule has 14 N–H and O–H groups in total. The summed E-state index contributed by atoms with van der Waals surface area (Å²) in [7, 11) is -4.09. The standard InChI is InChI=1S/C104H153N12O25P/c1-71(2)93(98(126)109-72(3)95(123)112-84(38-47-117)96(124)110-78-32-28-74-30-34-87-101(4,80(74)67-78)40-17-42-103(87,6)99(127)114-100(128)104(7)43-18-41-102(5)81-68-79(118)33-29-75(81)31-35-88(102)104)113-97(125)83(23-15-16-44-107-91(121)70-141-86-25-10-8-9-22-82(94(86)115-105)106-45-49-133-52-55-136-59-60-138-61-62-139-63-64-140-65-66-142(129,130)131)111-90(120)39-48-132-51-54-135-57-58-137-56-53-134-50-46-108-89(119)36-37-92(122)116-69-77-21-12-11-19-73(77)26-27-76-20-13-14-24-85(76)116/h11-14,19-21,24,26-29,32-33,67-68,71-72,83-84,86-88,93,105-106,117-118H,8-10,15-18,22-23,25,30-31,34-66,69-70H2,1-7H3,(H,107,121)(H,108,119)(H,109,126)(H,110,124)(H,111,120)(H,112,123)(H,113,125)(H,114,127,128)(H2,129,130,131)/b27-26-,94-82-,115-105?/t72-,83+,84-,86?,87+,88+,93-,101+,102+,103-,104-/m0/s1. The number of carbonyl (C=O) groups excluding carboxylic acids is 10. The molecule has 142 heavy (non-hydrogen) atoms. The number of amides is 10. The Morgan fingerprint density at radius 2 is 1.06 bits per heavy atom. The minimum atomic E-state index is -4.09. The highest BCUT2D eigenvalue weighted by atomic mass is 31.2. The van der Waals surface area contributed by atoms with Crippen LogP contribution in [-0.2, 0) is 130 Å². The van der Waals surface area contributed by atoms with E-state index in [-0.39, 0.29) is 177 Å². The van der Waals surface area contributed by atoms with E-state index in [1.54, 1.807) is 30.9 Å². The van der Waals surface area contributed by atoms with Crippen LogP contribution in [0, 0.1) is 34.1 Å². The van der Waals surface area contributed by atoms with Gasteiger partial charge in [0.25, 0.3) is 0 Å². The first-order valence-electron chi connectivity index (χ1n) is 50.6. The lowest BCUT2D eigenvalue weighted by molar-refractivity contribution is -0.150. The van der Waals surface area contributed by atoms with Gasteiger partial charge in [-0.05, 0) is 201 Å². The van der Waals surface area contributed by atoms with Crippen molar-refractivity contribution < 1.29 is 120 Å². The largest absolute Gasteiger partial charge is 0.508 e. The third-order valence-electron chi connectivity index (χ3n) is 28.4. The number of phenolic OH excluding ortho intramolecular Hbond substituents is 1. The van der Waals surface area contributed by atoms with Gasteiger partial charge < -0.3 is 115 Å². The monoisotopic (exact) mass is 2000 g/mol. The first kappa shape index (κ1) is 114. The van der Waals surface area contributed by atoms with Gasteiger partial charge in [-0.15, -0.1) is 0 Å². The first-order valence-corrected chi connectivity index (χ1v) is 52.4. The summed E-state index contributed by atoms with van der Waals surface area (Å²) >= 11 is 0. The number of hydrogen-bond acceptors (Lipinski definition) is 26. The number of nitrogens with zero attached hydrogens (tertiary/aromatic N) is 2. The lowest BCUT2D eigenvalue weighted by atomic mass is 9.49. The fourth-order valence-corrected chi connectivity index (χ4v) is 21.0. The fourth-order valence-electron chi connectivity index (χ4n) is 20.7. The minimum Gasteiger partial charge on any atom is -0.508 e. The fraction of sp³-hybridized carbons (Fsp3) is 0.635. The van der Waals surface area contributed by atoms with Crippen LogP contribution in [-0.4, -0.2) is 267 Å². The molecule has 10 amide bonds. The van der Waals surface area contributed by atoms with Crippen LogP contribution in [0.1, 0.15) is 216 Å². The SMILES string of the molecule is CC(C)[C@H](NC(=O)[C@@H](CCCCNC(=O)COC1CCCCC/C(NCCOCCOCCOCCOCCOCCP(=O)(O)O)=C\1N=N)NC(=O)CCOCCOCCOCCOCCNC(=O)CCC(=O)N1Cc2ccccc2/C=C\c2ccccc21)C(=O)N[C@@H](C)C(=O)N[C@@H](CCO)C(=O)Nc1ccc2c(c1)[C@@]1(C)CCC[C@](C)(C(=O)NC(=O)[C@@]3(C)CCC[C@]4(C)c5cc(O)ccc5CC[C@@H]34)[C@@H]1CC2. The number of benzene rings is 4. The lowest BCUT2D eigenvalue weighted by Crippen LogP contribution is -2.60. The molecule has 0 saturated heterocycles. The predicted octanol–water partition coefficient (Wildman–Crippen LogP) is 9.49. The number of carbonyl (C=O) groups is 10. The summed E-state index contributed by atoms with van der Waals surface area (Å²) in [6.45, 7) is 17.9. The summed E-state index contributed by atoms with van der Waals surface area (Å²) in [5.74, 6) is -5.33. The second kappa shape index (κ2) is 57.8. The molecule has 6 aliphatic rings. The Morgan fingerprint density at radius 1 is 0.507 bits per heavy atom. The van der Waals surface area contributed by atoms with E-state index in [2.05, 4.69) is 66.8 Å². The number of aromatic hydroxyl groups is 1. The second-order valence-corrected chi connectivity index (χ2v) is 40.7. The first-order chi connectivity index (χ1) is 68.3. The van der Waals surface area contributed by atoms with Crippen molar-refractivity contribution in [1.29, 1.82) is 5.53 Å². The number of unbranched alkanes of at least 4 members (excludes halogenated alkanes) is 1. The van der Waals surface area contributed by atoms with Crippen LogP contribution in [0.2, 0.25) is 0 Å². The Kier molecular flexibility index (Phi) is 46.4. The number of phenols is 1. The zero-order valence-electron chi connectivity index (χ0n) is 83.8. The highest BCUT2D eigenvalue weighted by molar-refractivity contribution is 7.51. The maximum Gasteiger partial charge on any atom is 0.327 e. The van der Waals surface area contributed by atoms with Crippen molar-refractivity contribution in [3.63, 3.8) is 0 Å². The molecule has 0 radical (unpaired) electrons. The molecule has 1 aliphatic heterocycles. The van der Waals surface area contributed by atoms with Crippen molar-refractivity contribution in [2.24, 2.45) is 33.7 Å². The molecule has 1 heterocycles. The van der Waals surface area contributed by atoms with Crippen LogP contribution in [0.4, 0.5) is 11.4 Å². The van der Waals surface area contributed by atoms with Gasteiger partial charge in [0.05, 0.1) is 148 Å². The van der Waals surface area contributed by atoms with Crippen molar-refractivity contribution in [1.82, 2.24) is 42.5 Å². The van der Waals surface area contributed by atoms with Gasteiger partial charge in [-0.3, -0.25) is 57.8 Å². The molecule has 4 aromatic rings. The number of fused-ring (bicyclic) bond motifs is 8. The Morgan fingerprint density at radius 3 is 1.66 bits per heavy atom. The van der Waals surface area contributed by atoms with E-state index in [0.29, 0.717) is 129 Å². The molecule has 0 spiro atoms. The van der Waals surface area contributed by atoms with Crippen molar-refractivity contribution in [2.75, 3.05) is 168 Å². The predicted molar refractivity (Wildman–Crippen MR) is 533 cm³/mol. The highest BCUT2D eigenvalue weighted by Crippen LogP contribution is 2.60. The smallest absolute Gasteiger partial charge is 0.327 e. The lowest BCUT2D eigenvalue weighted by Gasteiger charge is -2.56. The normalized spacial score (nSPS) is 21.9. The molecule has 11 atom stereocenters. The quantitative estimate of drug-likeness (QED) is 0.00846. The van der Waals surface area contributed by atoms with Gasteiger partial charge in [0.1, 0.15) is 48.3 Å². The maximum atomic E-state index is 15.0. The van der Waals surface area contributed by atoms with Crippen LogP contribution < -0.4 is 52.8 Å². The number of nitrogens with one attached hydrogen (secondary N) is 10. The number of imide groups is 1. The Bertz CT molecular complexity index is 4940. The molecule has 10 rings (SSSR count). The van der Waals surface area contributed by atoms with Crippen molar-refractivity contribution in [2.45, 2.75) is 237 Å². The number of aliphatic hydroxyl groups excluding tert-OH is 1. The Hall–Kier alpha value is -9.83. The number of aryl methyl sites for hydroxylation is 2. The van der Waals surface area contributed by atoms with Gasteiger partial charge in [0.15, 0.2) is 0 Å². The molecule has 38 heteroatoms. The van der Waals surface area contributed by atoms with Crippen molar-refractivity contribution >= 4 is 90.2 Å². The molecule has 0 aromatic heterocycles. The zero-order chi connectivity index (χ0) is 102. The third kappa shape index (κ3) is 34.2. The Balaban J connectivity index is 0.661. The van der Waals surface area contributed by atoms with Gasteiger partial charge in [-0.25, -0.2) is 5.53 Å². The number of allylic oxidation sites excluding steroid dienone is 1. The summed E-state index contributed by atoms with van der Waals surface area (Å²) in [4.78, 5) is 160. The van der Waals surface area contributed by atoms with E-state index in [1.165, 1.54) is 12.5 Å². The minimum absolute atomic E-state index is 0.0220. The third-order valence-corrected chi connectivity index (χ3v) is 29.2. The molecular weight excluding hydrogens is 1850 g/mol. The van der Waals surface area contributed by atoms with Gasteiger partial charge in [-0.1, -0.05) is 134 Å². The molecule has 2 saturated carbocycles. The molecule has 37 nitrogen and oxygen atoms in total. The topological polar surface area (TPSA) is 509 Å². The van der Waals surface area contributed by atoms with E-state index < -0.39 is 102 Å². The molecular formula is C104H153N12O25P. The van der Waals surface area contributed by atoms with Gasteiger partial charge in [0.2, 0.25) is 59.1 Å². The highest BCUT2D eigenvalue weighted by Gasteiger charge is 2.59. The van der Waals surface area contributed by atoms with E-state index in [4.69, 9.17) is 62.7 Å². The average molecular weight is 2000 g/mol.